The van der Waals surface area contributed by atoms with Crippen LogP contribution in [-0.4, -0.2) is 10.5 Å². The fourth-order valence-electron chi connectivity index (χ4n) is 1.48. The summed E-state index contributed by atoms with van der Waals surface area (Å²) >= 11 is 0. The second-order valence-corrected chi connectivity index (χ2v) is 3.33. The first-order valence-corrected chi connectivity index (χ1v) is 4.62. The van der Waals surface area contributed by atoms with Crippen molar-refractivity contribution in [3.05, 3.63) is 47.9 Å². The summed E-state index contributed by atoms with van der Waals surface area (Å²) in [7, 11) is 0. The Morgan fingerprint density at radius 1 is 1.19 bits per heavy atom. The van der Waals surface area contributed by atoms with Crippen molar-refractivity contribution in [1.29, 1.82) is 0 Å². The maximum Gasteiger partial charge on any atom is 0.252 e. The van der Waals surface area contributed by atoms with E-state index in [1.165, 1.54) is 18.2 Å². The first-order valence-electron chi connectivity index (χ1n) is 4.62. The smallest absolute Gasteiger partial charge is 0.252 e. The fraction of sp³-hybridized carbons (Fsp3) is 0. The molecule has 0 aliphatic rings. The van der Waals surface area contributed by atoms with Crippen molar-refractivity contribution >= 4 is 11.7 Å². The summed E-state index contributed by atoms with van der Waals surface area (Å²) in [5, 5.41) is 0. The van der Waals surface area contributed by atoms with E-state index in [-0.39, 0.29) is 17.2 Å². The van der Waals surface area contributed by atoms with Crippen LogP contribution in [0, 0.1) is 5.82 Å². The summed E-state index contributed by atoms with van der Waals surface area (Å²) in [5.41, 5.74) is 11.8. The summed E-state index contributed by atoms with van der Waals surface area (Å²) < 4.78 is 14.3. The summed E-state index contributed by atoms with van der Waals surface area (Å²) in [6.45, 7) is 0. The average molecular weight is 219 g/mol. The molecule has 1 amide bonds. The van der Waals surface area contributed by atoms with E-state index in [1.807, 2.05) is 0 Å². The van der Waals surface area contributed by atoms with Gasteiger partial charge < -0.3 is 16.0 Å². The predicted molar refractivity (Wildman–Crippen MR) is 58.7 cm³/mol. The molecule has 1 heterocycles. The van der Waals surface area contributed by atoms with Gasteiger partial charge in [0.15, 0.2) is 0 Å². The Balaban J connectivity index is 2.49. The third-order valence-electron chi connectivity index (χ3n) is 2.30. The lowest BCUT2D eigenvalue weighted by atomic mass is 10.3. The van der Waals surface area contributed by atoms with E-state index >= 15 is 0 Å². The molecule has 82 valence electrons. The molecule has 5 heteroatoms. The Morgan fingerprint density at radius 3 is 2.31 bits per heavy atom. The van der Waals surface area contributed by atoms with Gasteiger partial charge in [0.2, 0.25) is 0 Å². The lowest BCUT2D eigenvalue weighted by molar-refractivity contribution is 0.100. The van der Waals surface area contributed by atoms with Gasteiger partial charge in [-0.15, -0.1) is 0 Å². The molecule has 4 nitrogen and oxygen atoms in total. The van der Waals surface area contributed by atoms with Crippen LogP contribution in [0.3, 0.4) is 0 Å². The molecule has 4 N–H and O–H groups in total. The van der Waals surface area contributed by atoms with Crippen LogP contribution in [0.2, 0.25) is 0 Å². The van der Waals surface area contributed by atoms with E-state index in [0.717, 1.165) is 0 Å². The van der Waals surface area contributed by atoms with Gasteiger partial charge in [0.1, 0.15) is 11.6 Å². The van der Waals surface area contributed by atoms with Crippen LogP contribution in [0.25, 0.3) is 5.69 Å². The number of nitrogens with zero attached hydrogens (tertiary/aromatic N) is 1. The largest absolute Gasteiger partial charge is 0.384 e. The number of primary amides is 1. The molecule has 0 bridgehead atoms. The Labute approximate surface area is 91.3 Å². The molecule has 0 spiro atoms. The Kier molecular flexibility index (Phi) is 2.36. The van der Waals surface area contributed by atoms with Crippen molar-refractivity contribution in [2.24, 2.45) is 5.73 Å². The highest BCUT2D eigenvalue weighted by atomic mass is 19.1. The van der Waals surface area contributed by atoms with Crippen molar-refractivity contribution in [1.82, 2.24) is 4.57 Å². The Hall–Kier alpha value is -2.30. The number of halogens is 1. The number of hydrogen-bond donors (Lipinski definition) is 2. The van der Waals surface area contributed by atoms with Gasteiger partial charge in [-0.3, -0.25) is 4.79 Å². The number of carbonyl (C=O) groups excluding carboxylic acids is 1. The maximum atomic E-state index is 12.7. The minimum atomic E-state index is -0.585. The van der Waals surface area contributed by atoms with Gasteiger partial charge in [-0.25, -0.2) is 4.39 Å². The molecule has 2 rings (SSSR count). The van der Waals surface area contributed by atoms with Crippen LogP contribution >= 0.6 is 0 Å². The number of anilines is 1. The highest BCUT2D eigenvalue weighted by molar-refractivity contribution is 5.97. The van der Waals surface area contributed by atoms with Gasteiger partial charge in [0.25, 0.3) is 5.91 Å². The highest BCUT2D eigenvalue weighted by Gasteiger charge is 2.11. The van der Waals surface area contributed by atoms with Crippen molar-refractivity contribution in [2.75, 3.05) is 5.73 Å². The number of nitrogen functional groups attached to an aromatic ring is 1. The van der Waals surface area contributed by atoms with Crippen molar-refractivity contribution in [2.45, 2.75) is 0 Å². The first-order chi connectivity index (χ1) is 7.59. The number of hydrogen-bond acceptors (Lipinski definition) is 2. The monoisotopic (exact) mass is 219 g/mol. The molecule has 0 saturated carbocycles. The molecule has 0 aliphatic heterocycles. The molecule has 0 atom stereocenters. The van der Waals surface area contributed by atoms with Crippen LogP contribution in [0.1, 0.15) is 10.4 Å². The van der Waals surface area contributed by atoms with E-state index in [9.17, 15) is 9.18 Å². The van der Waals surface area contributed by atoms with E-state index in [4.69, 9.17) is 11.5 Å². The van der Waals surface area contributed by atoms with Gasteiger partial charge in [-0.05, 0) is 30.3 Å². The van der Waals surface area contributed by atoms with E-state index in [0.29, 0.717) is 5.69 Å². The molecular weight excluding hydrogens is 209 g/mol. The van der Waals surface area contributed by atoms with Crippen molar-refractivity contribution in [3.63, 3.8) is 0 Å². The molecule has 0 unspecified atom stereocenters. The lowest BCUT2D eigenvalue weighted by Crippen LogP contribution is -2.13. The van der Waals surface area contributed by atoms with Crippen LogP contribution in [0.15, 0.2) is 36.5 Å². The zero-order chi connectivity index (χ0) is 11.7. The number of carbonyl (C=O) groups is 1. The normalized spacial score (nSPS) is 10.3. The fourth-order valence-corrected chi connectivity index (χ4v) is 1.48. The Bertz CT molecular complexity index is 531. The van der Waals surface area contributed by atoms with Gasteiger partial charge in [-0.1, -0.05) is 0 Å². The SMILES string of the molecule is NC(=O)c1ccn(-c2ccc(F)cc2)c1N. The van der Waals surface area contributed by atoms with Gasteiger partial charge in [0, 0.05) is 11.9 Å². The van der Waals surface area contributed by atoms with Crippen LogP contribution in [-0.2, 0) is 0 Å². The topological polar surface area (TPSA) is 74.0 Å². The van der Waals surface area contributed by atoms with Gasteiger partial charge in [-0.2, -0.15) is 0 Å². The summed E-state index contributed by atoms with van der Waals surface area (Å²) in [6, 6.07) is 7.30. The second kappa shape index (κ2) is 3.69. The quantitative estimate of drug-likeness (QED) is 0.798. The molecule has 2 aromatic rings. The summed E-state index contributed by atoms with van der Waals surface area (Å²) in [5.74, 6) is -0.665. The lowest BCUT2D eigenvalue weighted by Gasteiger charge is -2.06. The predicted octanol–water partition coefficient (Wildman–Crippen LogP) is 1.30. The van der Waals surface area contributed by atoms with Crippen LogP contribution in [0.5, 0.6) is 0 Å². The van der Waals surface area contributed by atoms with E-state index < -0.39 is 5.91 Å². The number of rotatable bonds is 2. The second-order valence-electron chi connectivity index (χ2n) is 3.33. The number of amides is 1. The maximum absolute atomic E-state index is 12.7. The zero-order valence-electron chi connectivity index (χ0n) is 8.35. The molecule has 16 heavy (non-hydrogen) atoms. The zero-order valence-corrected chi connectivity index (χ0v) is 8.35. The van der Waals surface area contributed by atoms with Crippen molar-refractivity contribution < 1.29 is 9.18 Å². The third-order valence-corrected chi connectivity index (χ3v) is 2.30. The number of benzene rings is 1. The Morgan fingerprint density at radius 2 is 1.81 bits per heavy atom. The molecule has 1 aromatic carbocycles. The van der Waals surface area contributed by atoms with E-state index in [2.05, 4.69) is 0 Å². The third kappa shape index (κ3) is 1.63. The van der Waals surface area contributed by atoms with Crippen LogP contribution < -0.4 is 11.5 Å². The van der Waals surface area contributed by atoms with Crippen molar-refractivity contribution in [3.8, 4) is 5.69 Å². The molecule has 0 fully saturated rings. The van der Waals surface area contributed by atoms with Crippen LogP contribution in [0.4, 0.5) is 10.2 Å². The summed E-state index contributed by atoms with van der Waals surface area (Å²) in [4.78, 5) is 11.0. The standard InChI is InChI=1S/C11H10FN3O/c12-7-1-3-8(4-2-7)15-6-5-9(10(15)13)11(14)16/h1-6H,13H2,(H2,14,16). The molecule has 0 radical (unpaired) electrons. The minimum absolute atomic E-state index is 0.249. The average Bonchev–Trinajstić information content (AvgIpc) is 2.61. The minimum Gasteiger partial charge on any atom is -0.384 e. The van der Waals surface area contributed by atoms with E-state index in [1.54, 1.807) is 22.9 Å². The molecular formula is C11H10FN3O. The molecule has 1 aromatic heterocycles. The summed E-state index contributed by atoms with van der Waals surface area (Å²) in [6.07, 6.45) is 1.61. The number of nitrogens with two attached hydrogens (primary N) is 2. The first kappa shape index (κ1) is 10.2. The molecule has 0 aliphatic carbocycles. The molecule has 0 saturated heterocycles. The van der Waals surface area contributed by atoms with Gasteiger partial charge in [0.05, 0.1) is 5.56 Å². The highest BCUT2D eigenvalue weighted by Crippen LogP contribution is 2.19. The number of aromatic nitrogens is 1. The van der Waals surface area contributed by atoms with Gasteiger partial charge >= 0.3 is 0 Å².